The Kier molecular flexibility index (Phi) is 6.08. The van der Waals surface area contributed by atoms with Crippen molar-refractivity contribution in [3.05, 3.63) is 101 Å². The van der Waals surface area contributed by atoms with E-state index in [-0.39, 0.29) is 11.8 Å². The molecule has 2 amide bonds. The standard InChI is InChI=1S/C27H26N2O3/c1-4-28(18-20-13-6-5-7-14-20)25-24(21-15-9-11-17-23(21)32-3)26(30)29(27(25)31)22-16-10-8-12-19(22)2/h5-17H,4,18H2,1-3H3. The first kappa shape index (κ1) is 21.4. The first-order valence-corrected chi connectivity index (χ1v) is 10.7. The predicted octanol–water partition coefficient (Wildman–Crippen LogP) is 4.81. The van der Waals surface area contributed by atoms with Gasteiger partial charge in [-0.2, -0.15) is 0 Å². The van der Waals surface area contributed by atoms with Gasteiger partial charge in [0.1, 0.15) is 11.4 Å². The molecule has 1 aliphatic heterocycles. The highest BCUT2D eigenvalue weighted by atomic mass is 16.5. The zero-order valence-corrected chi connectivity index (χ0v) is 18.5. The van der Waals surface area contributed by atoms with Gasteiger partial charge in [-0.15, -0.1) is 0 Å². The average Bonchev–Trinajstić information content (AvgIpc) is 3.08. The number of aryl methyl sites for hydroxylation is 1. The summed E-state index contributed by atoms with van der Waals surface area (Å²) in [5.41, 5.74) is 3.91. The van der Waals surface area contributed by atoms with E-state index in [2.05, 4.69) is 0 Å². The molecule has 5 nitrogen and oxygen atoms in total. The summed E-state index contributed by atoms with van der Waals surface area (Å²) < 4.78 is 5.55. The van der Waals surface area contributed by atoms with Crippen LogP contribution in [0.15, 0.2) is 84.6 Å². The number of carbonyl (C=O) groups excluding carboxylic acids is 2. The molecule has 0 radical (unpaired) electrons. The number of benzene rings is 3. The van der Waals surface area contributed by atoms with Crippen LogP contribution in [0, 0.1) is 6.92 Å². The minimum Gasteiger partial charge on any atom is -0.496 e. The fourth-order valence-corrected chi connectivity index (χ4v) is 4.09. The molecule has 0 aromatic heterocycles. The summed E-state index contributed by atoms with van der Waals surface area (Å²) in [5, 5.41) is 0. The van der Waals surface area contributed by atoms with Crippen LogP contribution in [0.1, 0.15) is 23.6 Å². The molecule has 1 heterocycles. The van der Waals surface area contributed by atoms with Crippen molar-refractivity contribution < 1.29 is 14.3 Å². The Balaban J connectivity index is 1.89. The van der Waals surface area contributed by atoms with Crippen LogP contribution in [0.5, 0.6) is 5.75 Å². The van der Waals surface area contributed by atoms with E-state index in [0.29, 0.717) is 41.4 Å². The van der Waals surface area contributed by atoms with Crippen molar-refractivity contribution in [3.63, 3.8) is 0 Å². The lowest BCUT2D eigenvalue weighted by atomic mass is 10.0. The van der Waals surface area contributed by atoms with Gasteiger partial charge < -0.3 is 9.64 Å². The molecule has 0 saturated heterocycles. The van der Waals surface area contributed by atoms with E-state index in [9.17, 15) is 9.59 Å². The SMILES string of the molecule is CCN(Cc1ccccc1)C1=C(c2ccccc2OC)C(=O)N(c2ccccc2C)C1=O. The second-order valence-electron chi connectivity index (χ2n) is 7.66. The molecule has 0 N–H and O–H groups in total. The number of ether oxygens (including phenoxy) is 1. The third-order valence-corrected chi connectivity index (χ3v) is 5.71. The lowest BCUT2D eigenvalue weighted by Gasteiger charge is -2.25. The summed E-state index contributed by atoms with van der Waals surface area (Å²) in [6.07, 6.45) is 0. The van der Waals surface area contributed by atoms with Crippen molar-refractivity contribution in [1.29, 1.82) is 0 Å². The first-order chi connectivity index (χ1) is 15.6. The van der Waals surface area contributed by atoms with E-state index in [1.165, 1.54) is 4.90 Å². The maximum atomic E-state index is 13.8. The third kappa shape index (κ3) is 3.78. The van der Waals surface area contributed by atoms with Crippen molar-refractivity contribution in [3.8, 4) is 5.75 Å². The molecule has 0 aliphatic carbocycles. The van der Waals surface area contributed by atoms with Crippen molar-refractivity contribution in [2.75, 3.05) is 18.6 Å². The smallest absolute Gasteiger partial charge is 0.282 e. The molecule has 3 aromatic rings. The highest BCUT2D eigenvalue weighted by Crippen LogP contribution is 2.39. The van der Waals surface area contributed by atoms with E-state index in [0.717, 1.165) is 11.1 Å². The second-order valence-corrected chi connectivity index (χ2v) is 7.66. The fraction of sp³-hybridized carbons (Fsp3) is 0.185. The van der Waals surface area contributed by atoms with Crippen LogP contribution < -0.4 is 9.64 Å². The average molecular weight is 427 g/mol. The second kappa shape index (κ2) is 9.10. The Hall–Kier alpha value is -3.86. The number of para-hydroxylation sites is 2. The van der Waals surface area contributed by atoms with Gasteiger partial charge in [-0.3, -0.25) is 9.59 Å². The Morgan fingerprint density at radius 3 is 2.19 bits per heavy atom. The van der Waals surface area contributed by atoms with Crippen LogP contribution in [-0.4, -0.2) is 30.4 Å². The molecule has 4 rings (SSSR count). The lowest BCUT2D eigenvalue weighted by molar-refractivity contribution is -0.120. The Labute approximate surface area is 188 Å². The van der Waals surface area contributed by atoms with Crippen LogP contribution in [0.3, 0.4) is 0 Å². The third-order valence-electron chi connectivity index (χ3n) is 5.71. The van der Waals surface area contributed by atoms with E-state index >= 15 is 0 Å². The number of methoxy groups -OCH3 is 1. The van der Waals surface area contributed by atoms with Crippen LogP contribution in [0.25, 0.3) is 5.57 Å². The monoisotopic (exact) mass is 426 g/mol. The molecule has 0 atom stereocenters. The number of carbonyl (C=O) groups is 2. The summed E-state index contributed by atoms with van der Waals surface area (Å²) in [6.45, 7) is 4.98. The molecule has 5 heteroatoms. The molecule has 0 spiro atoms. The minimum atomic E-state index is -0.338. The minimum absolute atomic E-state index is 0.317. The Morgan fingerprint density at radius 2 is 1.50 bits per heavy atom. The summed E-state index contributed by atoms with van der Waals surface area (Å²) in [6, 6.07) is 24.7. The van der Waals surface area contributed by atoms with Gasteiger partial charge in [-0.1, -0.05) is 66.7 Å². The van der Waals surface area contributed by atoms with Gasteiger partial charge in [0, 0.05) is 18.7 Å². The van der Waals surface area contributed by atoms with E-state index < -0.39 is 0 Å². The Bertz CT molecular complexity index is 1180. The van der Waals surface area contributed by atoms with Gasteiger partial charge in [-0.05, 0) is 37.1 Å². The van der Waals surface area contributed by atoms with Crippen molar-refractivity contribution >= 4 is 23.1 Å². The molecule has 32 heavy (non-hydrogen) atoms. The van der Waals surface area contributed by atoms with Crippen molar-refractivity contribution in [1.82, 2.24) is 4.90 Å². The molecule has 0 fully saturated rings. The zero-order valence-electron chi connectivity index (χ0n) is 18.5. The molecule has 162 valence electrons. The van der Waals surface area contributed by atoms with Crippen LogP contribution in [-0.2, 0) is 16.1 Å². The highest BCUT2D eigenvalue weighted by molar-refractivity contribution is 6.45. The topological polar surface area (TPSA) is 49.9 Å². The molecule has 0 bridgehead atoms. The van der Waals surface area contributed by atoms with Gasteiger partial charge in [-0.25, -0.2) is 4.90 Å². The van der Waals surface area contributed by atoms with Gasteiger partial charge >= 0.3 is 0 Å². The largest absolute Gasteiger partial charge is 0.496 e. The maximum absolute atomic E-state index is 13.8. The molecule has 0 saturated carbocycles. The first-order valence-electron chi connectivity index (χ1n) is 10.7. The predicted molar refractivity (Wildman–Crippen MR) is 126 cm³/mol. The number of hydrogen-bond acceptors (Lipinski definition) is 4. The highest BCUT2D eigenvalue weighted by Gasteiger charge is 2.43. The number of hydrogen-bond donors (Lipinski definition) is 0. The van der Waals surface area contributed by atoms with Crippen molar-refractivity contribution in [2.45, 2.75) is 20.4 Å². The summed E-state index contributed by atoms with van der Waals surface area (Å²) >= 11 is 0. The van der Waals surface area contributed by atoms with Crippen LogP contribution >= 0.6 is 0 Å². The Morgan fingerprint density at radius 1 is 0.844 bits per heavy atom. The van der Waals surface area contributed by atoms with E-state index in [1.807, 2.05) is 91.5 Å². The molecule has 0 unspecified atom stereocenters. The zero-order chi connectivity index (χ0) is 22.7. The molecule has 3 aromatic carbocycles. The number of rotatable bonds is 7. The normalized spacial score (nSPS) is 13.7. The van der Waals surface area contributed by atoms with E-state index in [1.54, 1.807) is 13.2 Å². The number of anilines is 1. The fourth-order valence-electron chi connectivity index (χ4n) is 4.09. The van der Waals surface area contributed by atoms with Crippen LogP contribution in [0.2, 0.25) is 0 Å². The number of nitrogens with zero attached hydrogens (tertiary/aromatic N) is 2. The quantitative estimate of drug-likeness (QED) is 0.509. The lowest BCUT2D eigenvalue weighted by Crippen LogP contribution is -2.35. The molecular formula is C27H26N2O3. The number of imide groups is 1. The summed E-state index contributed by atoms with van der Waals surface area (Å²) in [5.74, 6) is -0.0955. The van der Waals surface area contributed by atoms with Crippen molar-refractivity contribution in [2.24, 2.45) is 0 Å². The van der Waals surface area contributed by atoms with Gasteiger partial charge in [0.15, 0.2) is 0 Å². The number of amides is 2. The van der Waals surface area contributed by atoms with Gasteiger partial charge in [0.25, 0.3) is 11.8 Å². The summed E-state index contributed by atoms with van der Waals surface area (Å²) in [4.78, 5) is 30.9. The maximum Gasteiger partial charge on any atom is 0.282 e. The van der Waals surface area contributed by atoms with E-state index in [4.69, 9.17) is 4.74 Å². The van der Waals surface area contributed by atoms with Gasteiger partial charge in [0.05, 0.1) is 18.4 Å². The van der Waals surface area contributed by atoms with Gasteiger partial charge in [0.2, 0.25) is 0 Å². The molecule has 1 aliphatic rings. The summed E-state index contributed by atoms with van der Waals surface area (Å²) in [7, 11) is 1.57. The van der Waals surface area contributed by atoms with Crippen LogP contribution in [0.4, 0.5) is 5.69 Å². The molecular weight excluding hydrogens is 400 g/mol. The number of likely N-dealkylation sites (N-methyl/N-ethyl adjacent to an activating group) is 1.